The molecule has 0 atom stereocenters. The third kappa shape index (κ3) is 11.2. The summed E-state index contributed by atoms with van der Waals surface area (Å²) >= 11 is 4.24. The molecule has 5 heteroatoms. The second-order valence-corrected chi connectivity index (χ2v) is 5.42. The van der Waals surface area contributed by atoms with Crippen LogP contribution in [0.3, 0.4) is 0 Å². The Morgan fingerprint density at radius 1 is 1.00 bits per heavy atom. The number of rotatable bonds is 5. The molecule has 0 aromatic heterocycles. The van der Waals surface area contributed by atoms with E-state index in [1.165, 1.54) is 6.42 Å². The maximum atomic E-state index is 3.30. The first-order chi connectivity index (χ1) is 8.19. The molecular formula is C13H33I2N3. The average molecular weight is 485 g/mol. The first-order valence-corrected chi connectivity index (χ1v) is 12.7. The van der Waals surface area contributed by atoms with Crippen molar-refractivity contribution in [2.24, 2.45) is 0 Å². The van der Waals surface area contributed by atoms with Gasteiger partial charge in [-0.1, -0.05) is 20.3 Å². The normalized spacial score (nSPS) is 11.3. The third-order valence-electron chi connectivity index (χ3n) is 2.97. The molecule has 3 nitrogen and oxygen atoms in total. The van der Waals surface area contributed by atoms with Gasteiger partial charge in [0, 0.05) is 49.3 Å². The van der Waals surface area contributed by atoms with Crippen molar-refractivity contribution in [2.75, 3.05) is 27.7 Å². The first-order valence-electron chi connectivity index (χ1n) is 6.41. The van der Waals surface area contributed by atoms with Crippen LogP contribution >= 0.6 is 37.2 Å². The molecule has 0 fully saturated rings. The van der Waals surface area contributed by atoms with Gasteiger partial charge in [0.25, 0.3) is 0 Å². The molecule has 0 aliphatic heterocycles. The zero-order valence-electron chi connectivity index (χ0n) is 13.6. The second kappa shape index (κ2) is 13.3. The SMILES string of the molecule is CCC.CNCC(C)(C)N(C)C(C)(C)NC.II. The van der Waals surface area contributed by atoms with E-state index in [0.29, 0.717) is 0 Å². The topological polar surface area (TPSA) is 27.3 Å². The molecule has 0 saturated heterocycles. The molecule has 0 aliphatic carbocycles. The summed E-state index contributed by atoms with van der Waals surface area (Å²) in [6.07, 6.45) is 1.25. The molecule has 0 heterocycles. The Hall–Kier alpha value is 1.34. The Balaban J connectivity index is -0.000000389. The summed E-state index contributed by atoms with van der Waals surface area (Å²) in [6.45, 7) is 14.1. The summed E-state index contributed by atoms with van der Waals surface area (Å²) in [5.41, 5.74) is 0.182. The summed E-state index contributed by atoms with van der Waals surface area (Å²) < 4.78 is 0. The van der Waals surface area contributed by atoms with Gasteiger partial charge in [0.1, 0.15) is 0 Å². The molecule has 0 unspecified atom stereocenters. The van der Waals surface area contributed by atoms with Crippen molar-refractivity contribution >= 4 is 37.2 Å². The fourth-order valence-corrected chi connectivity index (χ4v) is 1.48. The number of halogens is 2. The fourth-order valence-electron chi connectivity index (χ4n) is 1.48. The molecule has 0 spiro atoms. The molecule has 0 rings (SSSR count). The van der Waals surface area contributed by atoms with Crippen LogP contribution in [0.25, 0.3) is 0 Å². The van der Waals surface area contributed by atoms with Gasteiger partial charge < -0.3 is 10.6 Å². The van der Waals surface area contributed by atoms with Crippen molar-refractivity contribution in [3.63, 3.8) is 0 Å². The van der Waals surface area contributed by atoms with E-state index in [4.69, 9.17) is 0 Å². The van der Waals surface area contributed by atoms with E-state index in [-0.39, 0.29) is 11.2 Å². The molecule has 0 aromatic carbocycles. The van der Waals surface area contributed by atoms with Gasteiger partial charge in [0.2, 0.25) is 0 Å². The van der Waals surface area contributed by atoms with Crippen molar-refractivity contribution in [1.82, 2.24) is 15.5 Å². The number of likely N-dealkylation sites (N-methyl/N-ethyl adjacent to an activating group) is 2. The van der Waals surface area contributed by atoms with Crippen LogP contribution in [-0.2, 0) is 0 Å². The predicted molar refractivity (Wildman–Crippen MR) is 103 cm³/mol. The summed E-state index contributed by atoms with van der Waals surface area (Å²) in [7, 11) is 6.13. The summed E-state index contributed by atoms with van der Waals surface area (Å²) in [5, 5.41) is 6.52. The van der Waals surface area contributed by atoms with E-state index < -0.39 is 0 Å². The lowest BCUT2D eigenvalue weighted by molar-refractivity contribution is 0.0280. The zero-order valence-corrected chi connectivity index (χ0v) is 17.9. The van der Waals surface area contributed by atoms with E-state index >= 15 is 0 Å². The van der Waals surface area contributed by atoms with Crippen LogP contribution in [0.4, 0.5) is 0 Å². The van der Waals surface area contributed by atoms with Crippen LogP contribution in [0, 0.1) is 0 Å². The zero-order chi connectivity index (χ0) is 15.4. The summed E-state index contributed by atoms with van der Waals surface area (Å²) in [6, 6.07) is 0. The van der Waals surface area contributed by atoms with Crippen LogP contribution < -0.4 is 10.6 Å². The number of nitrogens with one attached hydrogen (secondary N) is 2. The minimum absolute atomic E-state index is 0.0281. The fraction of sp³-hybridized carbons (Fsp3) is 1.00. The lowest BCUT2D eigenvalue weighted by atomic mass is 9.99. The van der Waals surface area contributed by atoms with Gasteiger partial charge >= 0.3 is 0 Å². The monoisotopic (exact) mass is 485 g/mol. The van der Waals surface area contributed by atoms with Gasteiger partial charge in [-0.2, -0.15) is 0 Å². The van der Waals surface area contributed by atoms with Gasteiger partial charge in [-0.05, 0) is 48.8 Å². The highest BCUT2D eigenvalue weighted by molar-refractivity contribution is 15.0. The molecule has 114 valence electrons. The minimum Gasteiger partial charge on any atom is -0.318 e. The minimum atomic E-state index is 0.0281. The maximum absolute atomic E-state index is 3.30. The second-order valence-electron chi connectivity index (χ2n) is 5.42. The third-order valence-corrected chi connectivity index (χ3v) is 2.97. The summed E-state index contributed by atoms with van der Waals surface area (Å²) in [4.78, 5) is 2.34. The lowest BCUT2D eigenvalue weighted by Crippen LogP contribution is -2.61. The molecular weight excluding hydrogens is 452 g/mol. The Morgan fingerprint density at radius 2 is 1.33 bits per heavy atom. The Labute approximate surface area is 139 Å². The molecule has 0 bridgehead atoms. The van der Waals surface area contributed by atoms with Crippen LogP contribution in [0.5, 0.6) is 0 Å². The largest absolute Gasteiger partial charge is 0.318 e. The molecule has 18 heavy (non-hydrogen) atoms. The van der Waals surface area contributed by atoms with Crippen LogP contribution in [-0.4, -0.2) is 43.8 Å². The molecule has 0 radical (unpaired) electrons. The quantitative estimate of drug-likeness (QED) is 0.455. The molecule has 0 aromatic rings. The Morgan fingerprint density at radius 3 is 1.56 bits per heavy atom. The van der Waals surface area contributed by atoms with Crippen LogP contribution in [0.2, 0.25) is 0 Å². The molecule has 0 amide bonds. The molecule has 0 saturated carbocycles. The van der Waals surface area contributed by atoms with E-state index in [2.05, 4.69) is 101 Å². The van der Waals surface area contributed by atoms with Gasteiger partial charge in [-0.3, -0.25) is 4.90 Å². The van der Waals surface area contributed by atoms with Gasteiger partial charge in [0.15, 0.2) is 0 Å². The van der Waals surface area contributed by atoms with Crippen LogP contribution in [0.15, 0.2) is 0 Å². The average Bonchev–Trinajstić information content (AvgIpc) is 2.31. The smallest absolute Gasteiger partial charge is 0.0654 e. The Kier molecular flexibility index (Phi) is 18.0. The van der Waals surface area contributed by atoms with Crippen molar-refractivity contribution in [3.05, 3.63) is 0 Å². The van der Waals surface area contributed by atoms with Crippen molar-refractivity contribution in [3.8, 4) is 0 Å². The predicted octanol–water partition coefficient (Wildman–Crippen LogP) is 4.06. The molecule has 0 aliphatic rings. The molecule has 2 N–H and O–H groups in total. The summed E-state index contributed by atoms with van der Waals surface area (Å²) in [5.74, 6) is 0. The van der Waals surface area contributed by atoms with Gasteiger partial charge in [-0.15, -0.1) is 0 Å². The maximum Gasteiger partial charge on any atom is 0.0654 e. The van der Waals surface area contributed by atoms with Crippen molar-refractivity contribution in [1.29, 1.82) is 0 Å². The first kappa shape index (κ1) is 24.4. The highest BCUT2D eigenvalue weighted by atomic mass is 128. The van der Waals surface area contributed by atoms with Gasteiger partial charge in [0.05, 0.1) is 5.66 Å². The Bertz CT molecular complexity index is 174. The highest BCUT2D eigenvalue weighted by Crippen LogP contribution is 2.19. The lowest BCUT2D eigenvalue weighted by Gasteiger charge is -2.46. The number of hydrogen-bond acceptors (Lipinski definition) is 3. The number of nitrogens with zero attached hydrogens (tertiary/aromatic N) is 1. The van der Waals surface area contributed by atoms with E-state index in [9.17, 15) is 0 Å². The van der Waals surface area contributed by atoms with Crippen molar-refractivity contribution < 1.29 is 0 Å². The number of hydrogen-bond donors (Lipinski definition) is 2. The van der Waals surface area contributed by atoms with Crippen LogP contribution in [0.1, 0.15) is 48.0 Å². The van der Waals surface area contributed by atoms with E-state index in [1.54, 1.807) is 0 Å². The standard InChI is InChI=1S/C10H25N3.C3H8.I2/c1-9(2,8-11-5)13(7)10(3,4)12-6;1-3-2;1-2/h11-12H,8H2,1-7H3;3H2,1-2H3;. The highest BCUT2D eigenvalue weighted by Gasteiger charge is 2.32. The van der Waals surface area contributed by atoms with Gasteiger partial charge in [-0.25, -0.2) is 0 Å². The van der Waals surface area contributed by atoms with Crippen molar-refractivity contribution in [2.45, 2.75) is 59.2 Å². The van der Waals surface area contributed by atoms with E-state index in [1.807, 2.05) is 14.1 Å². The van der Waals surface area contributed by atoms with E-state index in [0.717, 1.165) is 6.54 Å².